The van der Waals surface area contributed by atoms with Crippen molar-refractivity contribution < 1.29 is 9.63 Å². The molecule has 1 rings (SSSR count). The molecule has 0 aliphatic carbocycles. The Morgan fingerprint density at radius 2 is 1.78 bits per heavy atom. The lowest BCUT2D eigenvalue weighted by Crippen LogP contribution is -2.56. The minimum absolute atomic E-state index is 0.460. The van der Waals surface area contributed by atoms with Crippen molar-refractivity contribution in [1.29, 1.82) is 0 Å². The van der Waals surface area contributed by atoms with E-state index in [1.165, 1.54) is 5.06 Å². The van der Waals surface area contributed by atoms with Gasteiger partial charge < -0.3 is 5.73 Å². The third-order valence-electron chi connectivity index (χ3n) is 2.38. The number of nitrogens with zero attached hydrogens (tertiary/aromatic N) is 1. The van der Waals surface area contributed by atoms with E-state index in [-0.39, 0.29) is 0 Å². The van der Waals surface area contributed by atoms with Gasteiger partial charge in [-0.15, -0.1) is 0 Å². The SMILES string of the molecule is CC(C)(C)ON(C=O)[C@@](C)(N)Cc1ccccc1. The van der Waals surface area contributed by atoms with Gasteiger partial charge in [-0.25, -0.2) is 5.06 Å². The zero-order valence-electron chi connectivity index (χ0n) is 11.5. The molecule has 1 aromatic rings. The van der Waals surface area contributed by atoms with Crippen LogP contribution in [0.5, 0.6) is 0 Å². The molecule has 0 radical (unpaired) electrons. The fourth-order valence-electron chi connectivity index (χ4n) is 1.63. The normalized spacial score (nSPS) is 14.9. The van der Waals surface area contributed by atoms with Crippen LogP contribution < -0.4 is 5.73 Å². The summed E-state index contributed by atoms with van der Waals surface area (Å²) in [5, 5.41) is 1.19. The van der Waals surface area contributed by atoms with E-state index >= 15 is 0 Å². The van der Waals surface area contributed by atoms with E-state index in [9.17, 15) is 4.79 Å². The zero-order chi connectivity index (χ0) is 13.8. The molecule has 0 aromatic heterocycles. The highest BCUT2D eigenvalue weighted by atomic mass is 16.7. The van der Waals surface area contributed by atoms with Gasteiger partial charge in [0.15, 0.2) is 0 Å². The summed E-state index contributed by atoms with van der Waals surface area (Å²) in [6.45, 7) is 7.41. The molecule has 2 N–H and O–H groups in total. The molecule has 0 heterocycles. The molecule has 0 spiro atoms. The van der Waals surface area contributed by atoms with Crippen LogP contribution in [0.15, 0.2) is 30.3 Å². The van der Waals surface area contributed by atoms with E-state index in [1.807, 2.05) is 51.1 Å². The number of hydrogen-bond donors (Lipinski definition) is 1. The molecule has 0 bridgehead atoms. The van der Waals surface area contributed by atoms with Crippen LogP contribution >= 0.6 is 0 Å². The van der Waals surface area contributed by atoms with E-state index in [0.29, 0.717) is 12.8 Å². The molecule has 1 aromatic carbocycles. The number of hydrogen-bond acceptors (Lipinski definition) is 3. The number of carbonyl (C=O) groups excluding carboxylic acids is 1. The van der Waals surface area contributed by atoms with Gasteiger partial charge in [0.25, 0.3) is 0 Å². The van der Waals surface area contributed by atoms with Crippen LogP contribution in [0.25, 0.3) is 0 Å². The highest BCUT2D eigenvalue weighted by Crippen LogP contribution is 2.19. The fourth-order valence-corrected chi connectivity index (χ4v) is 1.63. The minimum Gasteiger partial charge on any atom is -0.307 e. The van der Waals surface area contributed by atoms with Gasteiger partial charge in [-0.05, 0) is 33.3 Å². The van der Waals surface area contributed by atoms with Gasteiger partial charge in [0, 0.05) is 6.42 Å². The number of benzene rings is 1. The number of carbonyl (C=O) groups is 1. The molecular weight excluding hydrogens is 228 g/mol. The van der Waals surface area contributed by atoms with Crippen molar-refractivity contribution in [2.24, 2.45) is 5.73 Å². The molecule has 0 unspecified atom stereocenters. The first-order chi connectivity index (χ1) is 8.24. The van der Waals surface area contributed by atoms with Crippen molar-refractivity contribution in [3.8, 4) is 0 Å². The van der Waals surface area contributed by atoms with Crippen molar-refractivity contribution in [2.45, 2.75) is 45.4 Å². The Balaban J connectivity index is 2.80. The molecule has 1 amide bonds. The molecule has 0 aliphatic rings. The summed E-state index contributed by atoms with van der Waals surface area (Å²) in [5.41, 5.74) is 5.90. The molecule has 18 heavy (non-hydrogen) atoms. The Morgan fingerprint density at radius 1 is 1.22 bits per heavy atom. The second-order valence-corrected chi connectivity index (χ2v) is 5.65. The standard InChI is InChI=1S/C14H22N2O2/c1-13(2,3)18-16(11-17)14(4,15)10-12-8-6-5-7-9-12/h5-9,11H,10,15H2,1-4H3/t14-/m1/s1. The molecule has 0 aliphatic heterocycles. The van der Waals surface area contributed by atoms with Gasteiger partial charge in [0.05, 0.1) is 5.60 Å². The molecule has 4 heteroatoms. The van der Waals surface area contributed by atoms with Crippen LogP contribution in [0.4, 0.5) is 0 Å². The summed E-state index contributed by atoms with van der Waals surface area (Å²) in [4.78, 5) is 16.7. The van der Waals surface area contributed by atoms with Crippen LogP contribution in [0.3, 0.4) is 0 Å². The summed E-state index contributed by atoms with van der Waals surface area (Å²) in [5.74, 6) is 0. The third-order valence-corrected chi connectivity index (χ3v) is 2.38. The molecule has 0 saturated heterocycles. The lowest BCUT2D eigenvalue weighted by molar-refractivity contribution is -0.252. The van der Waals surface area contributed by atoms with E-state index in [0.717, 1.165) is 5.56 Å². The molecule has 0 saturated carbocycles. The maximum absolute atomic E-state index is 11.1. The average molecular weight is 250 g/mol. The first-order valence-corrected chi connectivity index (χ1v) is 6.01. The van der Waals surface area contributed by atoms with Crippen molar-refractivity contribution in [3.63, 3.8) is 0 Å². The number of hydroxylamine groups is 2. The van der Waals surface area contributed by atoms with Gasteiger partial charge in [0.2, 0.25) is 6.41 Å². The molecule has 100 valence electrons. The summed E-state index contributed by atoms with van der Waals surface area (Å²) in [6.07, 6.45) is 1.16. The topological polar surface area (TPSA) is 55.6 Å². The summed E-state index contributed by atoms with van der Waals surface area (Å²) < 4.78 is 0. The Kier molecular flexibility index (Phi) is 4.48. The largest absolute Gasteiger partial charge is 0.307 e. The highest BCUT2D eigenvalue weighted by Gasteiger charge is 2.31. The minimum atomic E-state index is -0.879. The van der Waals surface area contributed by atoms with Gasteiger partial charge in [-0.3, -0.25) is 9.63 Å². The van der Waals surface area contributed by atoms with Crippen LogP contribution in [0.1, 0.15) is 33.3 Å². The molecule has 0 fully saturated rings. The average Bonchev–Trinajstić information content (AvgIpc) is 2.25. The lowest BCUT2D eigenvalue weighted by atomic mass is 10.0. The maximum atomic E-state index is 11.1. The van der Waals surface area contributed by atoms with Crippen molar-refractivity contribution in [1.82, 2.24) is 5.06 Å². The Labute approximate surface area is 109 Å². The maximum Gasteiger partial charge on any atom is 0.235 e. The van der Waals surface area contributed by atoms with E-state index in [2.05, 4.69) is 0 Å². The zero-order valence-corrected chi connectivity index (χ0v) is 11.5. The second-order valence-electron chi connectivity index (χ2n) is 5.65. The second kappa shape index (κ2) is 5.50. The van der Waals surface area contributed by atoms with E-state index < -0.39 is 11.3 Å². The smallest absolute Gasteiger partial charge is 0.235 e. The van der Waals surface area contributed by atoms with Crippen molar-refractivity contribution in [2.75, 3.05) is 0 Å². The molecule has 1 atom stereocenters. The van der Waals surface area contributed by atoms with Crippen molar-refractivity contribution >= 4 is 6.41 Å². The molecule has 4 nitrogen and oxygen atoms in total. The third kappa shape index (κ3) is 4.47. The summed E-state index contributed by atoms with van der Waals surface area (Å²) in [7, 11) is 0. The fraction of sp³-hybridized carbons (Fsp3) is 0.500. The lowest BCUT2D eigenvalue weighted by Gasteiger charge is -2.38. The first kappa shape index (κ1) is 14.7. The van der Waals surface area contributed by atoms with Gasteiger partial charge in [0.1, 0.15) is 5.66 Å². The summed E-state index contributed by atoms with van der Waals surface area (Å²) in [6, 6.07) is 9.79. The Hall–Kier alpha value is -1.39. The monoisotopic (exact) mass is 250 g/mol. The number of amides is 1. The highest BCUT2D eigenvalue weighted by molar-refractivity contribution is 5.47. The van der Waals surface area contributed by atoms with Crippen molar-refractivity contribution in [3.05, 3.63) is 35.9 Å². The van der Waals surface area contributed by atoms with Crippen LogP contribution in [0.2, 0.25) is 0 Å². The van der Waals surface area contributed by atoms with Gasteiger partial charge in [-0.2, -0.15) is 0 Å². The van der Waals surface area contributed by atoms with Gasteiger partial charge in [-0.1, -0.05) is 30.3 Å². The van der Waals surface area contributed by atoms with E-state index in [4.69, 9.17) is 10.6 Å². The number of rotatable bonds is 5. The van der Waals surface area contributed by atoms with Crippen LogP contribution in [-0.2, 0) is 16.1 Å². The van der Waals surface area contributed by atoms with Crippen LogP contribution in [0, 0.1) is 0 Å². The predicted octanol–water partition coefficient (Wildman–Crippen LogP) is 2.09. The Bertz CT molecular complexity index is 383. The Morgan fingerprint density at radius 3 is 2.22 bits per heavy atom. The van der Waals surface area contributed by atoms with E-state index in [1.54, 1.807) is 6.92 Å². The van der Waals surface area contributed by atoms with Crippen LogP contribution in [-0.4, -0.2) is 22.7 Å². The quantitative estimate of drug-likeness (QED) is 0.494. The first-order valence-electron chi connectivity index (χ1n) is 6.01. The van der Waals surface area contributed by atoms with Gasteiger partial charge >= 0.3 is 0 Å². The predicted molar refractivity (Wildman–Crippen MR) is 71.5 cm³/mol. The number of nitrogens with two attached hydrogens (primary N) is 1. The summed E-state index contributed by atoms with van der Waals surface area (Å²) >= 11 is 0. The molecular formula is C14H22N2O2.